The fraction of sp³-hybridized carbons (Fsp3) is 0.625. The van der Waals surface area contributed by atoms with Crippen LogP contribution in [0.5, 0.6) is 0 Å². The zero-order chi connectivity index (χ0) is 21.6. The Morgan fingerprint density at radius 1 is 0.844 bits per heavy atom. The van der Waals surface area contributed by atoms with Crippen molar-refractivity contribution in [1.29, 1.82) is 5.26 Å². The van der Waals surface area contributed by atoms with Crippen LogP contribution in [-0.2, 0) is 0 Å². The zero-order valence-corrected chi connectivity index (χ0v) is 27.6. The summed E-state index contributed by atoms with van der Waals surface area (Å²) >= 11 is 0. The number of rotatable bonds is 2. The molecule has 0 fully saturated rings. The van der Waals surface area contributed by atoms with Gasteiger partial charge in [0.2, 0.25) is 0 Å². The molecule has 0 aromatic carbocycles. The average Bonchev–Trinajstić information content (AvgIpc) is 3.10. The molecule has 2 atom stereocenters. The molecule has 0 radical (unpaired) electrons. The molecular weight excluding hydrogens is 533 g/mol. The third-order valence-electron chi connectivity index (χ3n) is 3.95. The van der Waals surface area contributed by atoms with Crippen molar-refractivity contribution >= 4 is 7.27 Å². The van der Waals surface area contributed by atoms with Gasteiger partial charge in [-0.1, -0.05) is 0 Å². The van der Waals surface area contributed by atoms with Gasteiger partial charge in [0.1, 0.15) is 0 Å². The minimum Gasteiger partial charge on any atom is -1.00 e. The van der Waals surface area contributed by atoms with Gasteiger partial charge in [-0.15, -0.1) is 0 Å². The number of hydrogen-bond acceptors (Lipinski definition) is 5. The molecule has 0 saturated carbocycles. The maximum absolute atomic E-state index is 10.4. The van der Waals surface area contributed by atoms with Gasteiger partial charge in [0.05, 0.1) is 18.3 Å². The second kappa shape index (κ2) is 30.7. The Bertz CT molecular complexity index is 467. The smallest absolute Gasteiger partial charge is 1.00 e. The van der Waals surface area contributed by atoms with Crippen molar-refractivity contribution < 1.29 is 155 Å². The molecular formula is C16H30BCl2F5K2N5O-. The Hall–Kier alpha value is 1.70. The van der Waals surface area contributed by atoms with Crippen molar-refractivity contribution in [2.24, 2.45) is 0 Å². The Labute approximate surface area is 287 Å². The van der Waals surface area contributed by atoms with E-state index in [2.05, 4.69) is 86.2 Å². The van der Waals surface area contributed by atoms with Gasteiger partial charge in [-0.05, 0) is 27.7 Å². The third kappa shape index (κ3) is 26.3. The Morgan fingerprint density at radius 2 is 1.06 bits per heavy atom. The van der Waals surface area contributed by atoms with Crippen molar-refractivity contribution in [3.05, 3.63) is 31.5 Å². The van der Waals surface area contributed by atoms with E-state index in [1.165, 1.54) is 0 Å². The quantitative estimate of drug-likeness (QED) is 0.190. The van der Waals surface area contributed by atoms with Crippen LogP contribution in [-0.4, -0.2) is 71.9 Å². The molecule has 16 heteroatoms. The minimum absolute atomic E-state index is 0. The summed E-state index contributed by atoms with van der Waals surface area (Å²) in [6.45, 7) is 7.84. The molecule has 0 amide bonds. The standard InChI is InChI=1S/2C7H14N2.CBF2N.CF3.2ClH.2K.H2O/c2*1-4-9-6-5-8(3)7(9)2;3-2(4)1-5;2-1(3)4;;;;;/h2*5-7H,4H2,1-3H3;;;2*1H;;;1H2/q;;;-1;;;2*+1;/p-2. The van der Waals surface area contributed by atoms with Gasteiger partial charge in [0.25, 0.3) is 0 Å². The summed E-state index contributed by atoms with van der Waals surface area (Å²) in [6.07, 6.45) is 9.57. The molecule has 0 aliphatic carbocycles. The monoisotopic (exact) mass is 562 g/mol. The van der Waals surface area contributed by atoms with Crippen LogP contribution in [0, 0.1) is 17.9 Å². The summed E-state index contributed by atoms with van der Waals surface area (Å²) in [5.41, 5.74) is 0. The minimum atomic E-state index is -3.08. The molecule has 0 saturated heterocycles. The van der Waals surface area contributed by atoms with Crippen molar-refractivity contribution in [1.82, 2.24) is 19.6 Å². The van der Waals surface area contributed by atoms with Gasteiger partial charge in [0, 0.05) is 52.0 Å². The van der Waals surface area contributed by atoms with Crippen LogP contribution < -0.4 is 128 Å². The molecule has 2 heterocycles. The third-order valence-corrected chi connectivity index (χ3v) is 3.95. The fourth-order valence-corrected chi connectivity index (χ4v) is 2.09. The number of nitriles is 1. The normalized spacial score (nSPS) is 16.6. The SMILES string of the molecule is CCN1C=CN(C)C1C.CCN1C=CN(C)C1C.F[C-](F)F.N#CB(F)F.O.[Cl-].[Cl-].[K+].[K+]. The summed E-state index contributed by atoms with van der Waals surface area (Å²) in [5.74, 6) is 0.694. The van der Waals surface area contributed by atoms with Crippen LogP contribution in [0.15, 0.2) is 24.8 Å². The second-order valence-electron chi connectivity index (χ2n) is 5.50. The molecule has 2 aliphatic heterocycles. The van der Waals surface area contributed by atoms with Crippen LogP contribution in [0.4, 0.5) is 21.8 Å². The van der Waals surface area contributed by atoms with Crippen LogP contribution in [0.2, 0.25) is 0 Å². The first-order chi connectivity index (χ1) is 12.5. The first kappa shape index (κ1) is 50.5. The Balaban J connectivity index is -0.0000000519. The summed E-state index contributed by atoms with van der Waals surface area (Å²) in [7, 11) is 1.38. The van der Waals surface area contributed by atoms with Crippen LogP contribution in [0.3, 0.4) is 0 Å². The van der Waals surface area contributed by atoms with Crippen LogP contribution in [0.25, 0.3) is 0 Å². The molecule has 6 nitrogen and oxygen atoms in total. The molecule has 0 bridgehead atoms. The molecule has 2 aliphatic rings. The van der Waals surface area contributed by atoms with E-state index >= 15 is 0 Å². The Morgan fingerprint density at radius 3 is 1.12 bits per heavy atom. The van der Waals surface area contributed by atoms with E-state index in [-0.39, 0.29) is 133 Å². The molecule has 0 aromatic heterocycles. The predicted octanol–water partition coefficient (Wildman–Crippen LogP) is -8.85. The summed E-state index contributed by atoms with van der Waals surface area (Å²) in [5, 5.41) is 7.14. The molecule has 0 aromatic rings. The van der Waals surface area contributed by atoms with Crippen molar-refractivity contribution in [2.45, 2.75) is 40.0 Å². The van der Waals surface area contributed by atoms with Gasteiger partial charge in [0.15, 0.2) is 6.68 Å². The maximum Gasteiger partial charge on any atom is 1.00 e. The topological polar surface area (TPSA) is 68.2 Å². The zero-order valence-electron chi connectivity index (χ0n) is 19.8. The first-order valence-electron chi connectivity index (χ1n) is 8.34. The van der Waals surface area contributed by atoms with E-state index in [9.17, 15) is 21.8 Å². The number of halogens is 7. The van der Waals surface area contributed by atoms with Crippen molar-refractivity contribution in [3.8, 4) is 5.97 Å². The first-order valence-corrected chi connectivity index (χ1v) is 8.34. The van der Waals surface area contributed by atoms with E-state index in [1.54, 1.807) is 0 Å². The molecule has 2 rings (SSSR count). The molecule has 32 heavy (non-hydrogen) atoms. The van der Waals surface area contributed by atoms with Gasteiger partial charge in [-0.25, -0.2) is 5.26 Å². The largest absolute Gasteiger partial charge is 1.00 e. The van der Waals surface area contributed by atoms with Crippen LogP contribution >= 0.6 is 0 Å². The van der Waals surface area contributed by atoms with E-state index in [0.717, 1.165) is 13.1 Å². The number of nitrogens with zero attached hydrogens (tertiary/aromatic N) is 5. The fourth-order valence-electron chi connectivity index (χ4n) is 2.09. The van der Waals surface area contributed by atoms with Gasteiger partial charge in [-0.3, -0.25) is 8.63 Å². The van der Waals surface area contributed by atoms with E-state index in [4.69, 9.17) is 5.26 Å². The van der Waals surface area contributed by atoms with Crippen molar-refractivity contribution in [2.75, 3.05) is 27.2 Å². The summed E-state index contributed by atoms with van der Waals surface area (Å²) in [4.78, 5) is 8.98. The number of hydrogen-bond donors (Lipinski definition) is 0. The Kier molecular flexibility index (Phi) is 48.5. The van der Waals surface area contributed by atoms with E-state index in [0.29, 0.717) is 18.3 Å². The summed E-state index contributed by atoms with van der Waals surface area (Å²) in [6, 6.07) is 0. The maximum atomic E-state index is 10.4. The van der Waals surface area contributed by atoms with Crippen LogP contribution in [0.1, 0.15) is 27.7 Å². The van der Waals surface area contributed by atoms with E-state index in [1.807, 2.05) is 0 Å². The van der Waals surface area contributed by atoms with Crippen molar-refractivity contribution in [3.63, 3.8) is 0 Å². The molecule has 0 spiro atoms. The molecule has 2 unspecified atom stereocenters. The van der Waals surface area contributed by atoms with Gasteiger partial charge >= 0.3 is 110 Å². The summed E-state index contributed by atoms with van der Waals surface area (Å²) < 4.78 is 49.6. The predicted molar refractivity (Wildman–Crippen MR) is 101 cm³/mol. The van der Waals surface area contributed by atoms with Gasteiger partial charge < -0.3 is 63.1 Å². The van der Waals surface area contributed by atoms with Gasteiger partial charge in [-0.2, -0.15) is 0 Å². The van der Waals surface area contributed by atoms with E-state index < -0.39 is 13.9 Å². The average molecular weight is 563 g/mol. The molecule has 2 N–H and O–H groups in total. The molecule has 180 valence electrons. The second-order valence-corrected chi connectivity index (χ2v) is 5.50.